The Kier molecular flexibility index (Phi) is 3.69. The summed E-state index contributed by atoms with van der Waals surface area (Å²) in [4.78, 5) is 4.22. The second kappa shape index (κ2) is 5.42. The van der Waals surface area contributed by atoms with Gasteiger partial charge >= 0.3 is 0 Å². The molecule has 0 saturated carbocycles. The van der Waals surface area contributed by atoms with E-state index in [0.717, 1.165) is 0 Å². The van der Waals surface area contributed by atoms with Crippen molar-refractivity contribution in [3.05, 3.63) is 41.9 Å². The van der Waals surface area contributed by atoms with Crippen LogP contribution in [0.1, 0.15) is 17.4 Å². The van der Waals surface area contributed by atoms with Gasteiger partial charge < -0.3 is 15.2 Å². The molecule has 1 atom stereocenters. The average Bonchev–Trinajstić information content (AvgIpc) is 2.46. The Bertz CT molecular complexity index is 516. The normalized spacial score (nSPS) is 11.9. The molecule has 0 aliphatic carbocycles. The zero-order valence-corrected chi connectivity index (χ0v) is 10.2. The molecule has 2 aromatic rings. The Morgan fingerprint density at radius 2 is 1.94 bits per heavy atom. The van der Waals surface area contributed by atoms with E-state index in [2.05, 4.69) is 15.2 Å². The quantitative estimate of drug-likeness (QED) is 0.864. The molecule has 0 radical (unpaired) electrons. The van der Waals surface area contributed by atoms with Crippen molar-refractivity contribution in [3.8, 4) is 11.6 Å². The summed E-state index contributed by atoms with van der Waals surface area (Å²) in [5.74, 6) is 1.07. The Hall–Kier alpha value is -2.21. The number of ether oxygens (including phenoxy) is 2. The van der Waals surface area contributed by atoms with E-state index in [1.54, 1.807) is 37.6 Å². The van der Waals surface area contributed by atoms with Crippen LogP contribution in [0.15, 0.2) is 30.5 Å². The van der Waals surface area contributed by atoms with Crippen molar-refractivity contribution in [2.75, 3.05) is 14.2 Å². The van der Waals surface area contributed by atoms with Gasteiger partial charge in [0.05, 0.1) is 26.0 Å². The molecule has 0 spiro atoms. The predicted molar refractivity (Wildman–Crippen MR) is 65.4 cm³/mol. The maximum atomic E-state index is 6.10. The van der Waals surface area contributed by atoms with E-state index in [1.165, 1.54) is 7.11 Å². The van der Waals surface area contributed by atoms with E-state index < -0.39 is 6.04 Å². The number of rotatable bonds is 4. The third-order valence-electron chi connectivity index (χ3n) is 2.50. The molecule has 1 unspecified atom stereocenters. The van der Waals surface area contributed by atoms with Crippen LogP contribution in [-0.4, -0.2) is 29.4 Å². The minimum absolute atomic E-state index is 0.443. The van der Waals surface area contributed by atoms with Gasteiger partial charge in [0.25, 0.3) is 0 Å². The Labute approximate surface area is 105 Å². The number of hydrogen-bond acceptors (Lipinski definition) is 6. The van der Waals surface area contributed by atoms with Crippen molar-refractivity contribution < 1.29 is 9.47 Å². The maximum Gasteiger partial charge on any atom is 0.233 e. The van der Waals surface area contributed by atoms with Crippen LogP contribution in [0.2, 0.25) is 0 Å². The van der Waals surface area contributed by atoms with Gasteiger partial charge in [0.2, 0.25) is 5.88 Å². The lowest BCUT2D eigenvalue weighted by Crippen LogP contribution is -2.16. The number of hydrogen-bond donors (Lipinski definition) is 1. The van der Waals surface area contributed by atoms with E-state index in [0.29, 0.717) is 23.0 Å². The van der Waals surface area contributed by atoms with Gasteiger partial charge in [-0.15, -0.1) is 10.2 Å². The van der Waals surface area contributed by atoms with Gasteiger partial charge in [0, 0.05) is 12.3 Å². The van der Waals surface area contributed by atoms with Crippen LogP contribution < -0.4 is 15.2 Å². The Morgan fingerprint density at radius 1 is 1.11 bits per heavy atom. The summed E-state index contributed by atoms with van der Waals surface area (Å²) < 4.78 is 10.2. The van der Waals surface area contributed by atoms with Crippen LogP contribution in [0.4, 0.5) is 0 Å². The van der Waals surface area contributed by atoms with Gasteiger partial charge in [0.1, 0.15) is 11.4 Å². The number of pyridine rings is 1. The van der Waals surface area contributed by atoms with Crippen LogP contribution in [0.25, 0.3) is 0 Å². The molecule has 0 amide bonds. The number of nitrogens with zero attached hydrogens (tertiary/aromatic N) is 3. The van der Waals surface area contributed by atoms with Gasteiger partial charge in [-0.3, -0.25) is 4.98 Å². The first-order chi connectivity index (χ1) is 8.76. The van der Waals surface area contributed by atoms with Crippen molar-refractivity contribution in [2.24, 2.45) is 5.73 Å². The Morgan fingerprint density at radius 3 is 2.56 bits per heavy atom. The van der Waals surface area contributed by atoms with Crippen molar-refractivity contribution in [3.63, 3.8) is 0 Å². The van der Waals surface area contributed by atoms with Gasteiger partial charge in [0.15, 0.2) is 0 Å². The summed E-state index contributed by atoms with van der Waals surface area (Å²) in [5, 5.41) is 7.88. The highest BCUT2D eigenvalue weighted by Crippen LogP contribution is 2.24. The van der Waals surface area contributed by atoms with Crippen LogP contribution in [0.5, 0.6) is 11.6 Å². The minimum Gasteiger partial charge on any atom is -0.495 e. The largest absolute Gasteiger partial charge is 0.495 e. The monoisotopic (exact) mass is 246 g/mol. The van der Waals surface area contributed by atoms with Crippen molar-refractivity contribution in [1.29, 1.82) is 0 Å². The minimum atomic E-state index is -0.487. The molecule has 2 aromatic heterocycles. The first-order valence-electron chi connectivity index (χ1n) is 5.38. The van der Waals surface area contributed by atoms with Crippen molar-refractivity contribution in [2.45, 2.75) is 6.04 Å². The van der Waals surface area contributed by atoms with Gasteiger partial charge in [-0.1, -0.05) is 0 Å². The molecule has 2 rings (SSSR count). The lowest BCUT2D eigenvalue weighted by molar-refractivity contribution is 0.390. The highest BCUT2D eigenvalue weighted by atomic mass is 16.5. The highest BCUT2D eigenvalue weighted by Gasteiger charge is 2.17. The number of nitrogens with two attached hydrogens (primary N) is 1. The highest BCUT2D eigenvalue weighted by molar-refractivity contribution is 5.34. The van der Waals surface area contributed by atoms with Crippen LogP contribution in [0.3, 0.4) is 0 Å². The third kappa shape index (κ3) is 2.38. The molecule has 0 fully saturated rings. The standard InChI is InChI=1S/C12H14N4O2/c1-17-9-4-3-7-14-12(9)11(13)8-5-6-10(18-2)16-15-8/h3-7,11H,13H2,1-2H3. The molecule has 0 aliphatic heterocycles. The van der Waals surface area contributed by atoms with E-state index >= 15 is 0 Å². The first-order valence-corrected chi connectivity index (χ1v) is 5.38. The third-order valence-corrected chi connectivity index (χ3v) is 2.50. The summed E-state index contributed by atoms with van der Waals surface area (Å²) in [6.45, 7) is 0. The lowest BCUT2D eigenvalue weighted by Gasteiger charge is -2.13. The van der Waals surface area contributed by atoms with E-state index in [1.807, 2.05) is 0 Å². The van der Waals surface area contributed by atoms with E-state index in [4.69, 9.17) is 15.2 Å². The second-order valence-electron chi connectivity index (χ2n) is 3.57. The number of methoxy groups -OCH3 is 2. The molecule has 94 valence electrons. The fraction of sp³-hybridized carbons (Fsp3) is 0.250. The molecular formula is C12H14N4O2. The van der Waals surface area contributed by atoms with Crippen molar-refractivity contribution in [1.82, 2.24) is 15.2 Å². The fourth-order valence-electron chi connectivity index (χ4n) is 1.55. The molecule has 2 N–H and O–H groups in total. The molecule has 18 heavy (non-hydrogen) atoms. The second-order valence-corrected chi connectivity index (χ2v) is 3.57. The molecule has 0 aliphatic rings. The van der Waals surface area contributed by atoms with Gasteiger partial charge in [-0.05, 0) is 18.2 Å². The summed E-state index contributed by atoms with van der Waals surface area (Å²) >= 11 is 0. The van der Waals surface area contributed by atoms with Crippen molar-refractivity contribution >= 4 is 0 Å². The van der Waals surface area contributed by atoms with Crippen LogP contribution >= 0.6 is 0 Å². The summed E-state index contributed by atoms with van der Waals surface area (Å²) in [6.07, 6.45) is 1.66. The smallest absolute Gasteiger partial charge is 0.233 e. The summed E-state index contributed by atoms with van der Waals surface area (Å²) in [5.41, 5.74) is 7.33. The van der Waals surface area contributed by atoms with Gasteiger partial charge in [-0.2, -0.15) is 0 Å². The molecule has 0 saturated heterocycles. The molecule has 6 heteroatoms. The van der Waals surface area contributed by atoms with Gasteiger partial charge in [-0.25, -0.2) is 0 Å². The zero-order chi connectivity index (χ0) is 13.0. The summed E-state index contributed by atoms with van der Waals surface area (Å²) in [7, 11) is 3.11. The fourth-order valence-corrected chi connectivity index (χ4v) is 1.55. The first kappa shape index (κ1) is 12.3. The maximum absolute atomic E-state index is 6.10. The predicted octanol–water partition coefficient (Wildman–Crippen LogP) is 0.937. The molecule has 0 aromatic carbocycles. The SMILES string of the molecule is COc1ccc(C(N)c2ncccc2OC)nn1. The summed E-state index contributed by atoms with van der Waals surface area (Å²) in [6, 6.07) is 6.57. The zero-order valence-electron chi connectivity index (χ0n) is 10.2. The van der Waals surface area contributed by atoms with Crippen LogP contribution in [-0.2, 0) is 0 Å². The molecule has 2 heterocycles. The van der Waals surface area contributed by atoms with E-state index in [9.17, 15) is 0 Å². The van der Waals surface area contributed by atoms with Crippen LogP contribution in [0, 0.1) is 0 Å². The lowest BCUT2D eigenvalue weighted by atomic mass is 10.1. The average molecular weight is 246 g/mol. The number of aromatic nitrogens is 3. The molecule has 6 nitrogen and oxygen atoms in total. The Balaban J connectivity index is 2.31. The topological polar surface area (TPSA) is 83.2 Å². The van der Waals surface area contributed by atoms with E-state index in [-0.39, 0.29) is 0 Å². The molecular weight excluding hydrogens is 232 g/mol. The molecule has 0 bridgehead atoms.